The van der Waals surface area contributed by atoms with E-state index in [-0.39, 0.29) is 0 Å². The van der Waals surface area contributed by atoms with Crippen LogP contribution in [0.25, 0.3) is 0 Å². The molecular formula is C18H20ClN. The molecule has 0 aromatic heterocycles. The molecule has 20 heavy (non-hydrogen) atoms. The minimum Gasteiger partial charge on any atom is -0.316 e. The molecule has 1 nitrogen and oxygen atoms in total. The summed E-state index contributed by atoms with van der Waals surface area (Å²) in [4.78, 5) is 0. The minimum absolute atomic E-state index is 0.504. The van der Waals surface area contributed by atoms with Crippen LogP contribution in [0.2, 0.25) is 5.02 Å². The molecule has 0 radical (unpaired) electrons. The lowest BCUT2D eigenvalue weighted by molar-refractivity contribution is 0.409. The molecule has 0 amide bonds. The predicted octanol–water partition coefficient (Wildman–Crippen LogP) is 4.20. The van der Waals surface area contributed by atoms with Gasteiger partial charge in [0.05, 0.1) is 0 Å². The Bertz CT molecular complexity index is 593. The van der Waals surface area contributed by atoms with Gasteiger partial charge in [0.25, 0.3) is 0 Å². The first-order valence-electron chi connectivity index (χ1n) is 7.28. The van der Waals surface area contributed by atoms with Crippen LogP contribution < -0.4 is 5.32 Å². The third-order valence-electron chi connectivity index (χ3n) is 4.43. The first-order valence-corrected chi connectivity index (χ1v) is 7.66. The molecule has 1 aliphatic rings. The minimum atomic E-state index is 0.504. The summed E-state index contributed by atoms with van der Waals surface area (Å²) >= 11 is 6.34. The Morgan fingerprint density at radius 1 is 1.10 bits per heavy atom. The zero-order valence-electron chi connectivity index (χ0n) is 11.8. The van der Waals surface area contributed by atoms with Gasteiger partial charge in [0.1, 0.15) is 0 Å². The van der Waals surface area contributed by atoms with Crippen molar-refractivity contribution >= 4 is 11.6 Å². The van der Waals surface area contributed by atoms with Crippen molar-refractivity contribution < 1.29 is 0 Å². The Balaban J connectivity index is 1.95. The van der Waals surface area contributed by atoms with Gasteiger partial charge in [-0.25, -0.2) is 0 Å². The van der Waals surface area contributed by atoms with Crippen LogP contribution in [0.1, 0.15) is 29.0 Å². The maximum Gasteiger partial charge on any atom is 0.0438 e. The Labute approximate surface area is 126 Å². The highest BCUT2D eigenvalue weighted by Gasteiger charge is 2.28. The van der Waals surface area contributed by atoms with Crippen LogP contribution in [0.3, 0.4) is 0 Å². The van der Waals surface area contributed by atoms with Crippen molar-refractivity contribution in [3.8, 4) is 0 Å². The highest BCUT2D eigenvalue weighted by atomic mass is 35.5. The van der Waals surface area contributed by atoms with Crippen LogP contribution in [0, 0.1) is 0 Å². The Hall–Kier alpha value is -1.31. The first-order chi connectivity index (χ1) is 9.79. The zero-order valence-corrected chi connectivity index (χ0v) is 12.5. The molecule has 1 aliphatic carbocycles. The average molecular weight is 286 g/mol. The van der Waals surface area contributed by atoms with Gasteiger partial charge in [0.2, 0.25) is 0 Å². The van der Waals surface area contributed by atoms with Crippen molar-refractivity contribution in [2.45, 2.75) is 31.2 Å². The number of benzene rings is 2. The van der Waals surface area contributed by atoms with E-state index in [9.17, 15) is 0 Å². The molecule has 2 atom stereocenters. The second kappa shape index (κ2) is 5.99. The van der Waals surface area contributed by atoms with Gasteiger partial charge in [0.15, 0.2) is 0 Å². The Morgan fingerprint density at radius 3 is 2.65 bits per heavy atom. The topological polar surface area (TPSA) is 12.0 Å². The van der Waals surface area contributed by atoms with Gasteiger partial charge in [-0.05, 0) is 49.1 Å². The molecule has 0 fully saturated rings. The number of hydrogen-bond donors (Lipinski definition) is 1. The average Bonchev–Trinajstić information content (AvgIpc) is 2.50. The van der Waals surface area contributed by atoms with E-state index in [0.717, 1.165) is 11.4 Å². The van der Waals surface area contributed by atoms with Crippen LogP contribution in [0.15, 0.2) is 48.5 Å². The fraction of sp³-hybridized carbons (Fsp3) is 0.333. The smallest absolute Gasteiger partial charge is 0.0438 e. The summed E-state index contributed by atoms with van der Waals surface area (Å²) in [5.74, 6) is 0.504. The molecule has 3 rings (SSSR count). The summed E-state index contributed by atoms with van der Waals surface area (Å²) in [6.45, 7) is 0. The van der Waals surface area contributed by atoms with Gasteiger partial charge in [-0.2, -0.15) is 0 Å². The summed E-state index contributed by atoms with van der Waals surface area (Å²) in [7, 11) is 2.07. The van der Waals surface area contributed by atoms with Crippen LogP contribution >= 0.6 is 11.6 Å². The Kier molecular flexibility index (Phi) is 4.09. The van der Waals surface area contributed by atoms with Gasteiger partial charge in [0, 0.05) is 17.0 Å². The van der Waals surface area contributed by atoms with Crippen molar-refractivity contribution in [3.63, 3.8) is 0 Å². The van der Waals surface area contributed by atoms with Crippen molar-refractivity contribution in [1.82, 2.24) is 5.32 Å². The van der Waals surface area contributed by atoms with Crippen molar-refractivity contribution in [3.05, 3.63) is 70.2 Å². The summed E-state index contributed by atoms with van der Waals surface area (Å²) < 4.78 is 0. The van der Waals surface area contributed by atoms with Crippen molar-refractivity contribution in [1.29, 1.82) is 0 Å². The van der Waals surface area contributed by atoms with Gasteiger partial charge in [-0.15, -0.1) is 0 Å². The largest absolute Gasteiger partial charge is 0.316 e. The van der Waals surface area contributed by atoms with E-state index in [4.69, 9.17) is 11.6 Å². The van der Waals surface area contributed by atoms with Gasteiger partial charge < -0.3 is 5.32 Å². The predicted molar refractivity (Wildman–Crippen MR) is 85.5 cm³/mol. The van der Waals surface area contributed by atoms with Crippen molar-refractivity contribution in [2.24, 2.45) is 0 Å². The molecule has 2 unspecified atom stereocenters. The van der Waals surface area contributed by atoms with Crippen LogP contribution in [-0.4, -0.2) is 13.1 Å². The fourth-order valence-corrected chi connectivity index (χ4v) is 3.56. The highest BCUT2D eigenvalue weighted by molar-refractivity contribution is 6.31. The lowest BCUT2D eigenvalue weighted by atomic mass is 9.76. The fourth-order valence-electron chi connectivity index (χ4n) is 3.35. The van der Waals surface area contributed by atoms with Crippen LogP contribution in [0.5, 0.6) is 0 Å². The van der Waals surface area contributed by atoms with E-state index >= 15 is 0 Å². The number of likely N-dealkylation sites (N-methyl/N-ethyl adjacent to an activating group) is 1. The highest BCUT2D eigenvalue weighted by Crippen LogP contribution is 2.35. The standard InChI is InChI=1S/C18H20ClN/c1-20-18-11-10-13-6-2-4-8-15(13)16(18)12-14-7-3-5-9-17(14)19/h2-9,16,18,20H,10-12H2,1H3. The summed E-state index contributed by atoms with van der Waals surface area (Å²) in [5, 5.41) is 4.37. The number of halogens is 1. The molecule has 2 heteroatoms. The van der Waals surface area contributed by atoms with E-state index in [1.165, 1.54) is 29.5 Å². The maximum atomic E-state index is 6.34. The van der Waals surface area contributed by atoms with Gasteiger partial charge >= 0.3 is 0 Å². The Morgan fingerprint density at radius 2 is 1.85 bits per heavy atom. The number of aryl methyl sites for hydroxylation is 1. The van der Waals surface area contributed by atoms with Crippen LogP contribution in [0.4, 0.5) is 0 Å². The van der Waals surface area contributed by atoms with E-state index in [1.807, 2.05) is 12.1 Å². The van der Waals surface area contributed by atoms with Gasteiger partial charge in [-0.3, -0.25) is 0 Å². The van der Waals surface area contributed by atoms with Gasteiger partial charge in [-0.1, -0.05) is 54.1 Å². The molecule has 2 aromatic rings. The normalized spacial score (nSPS) is 21.5. The van der Waals surface area contributed by atoms with E-state index in [0.29, 0.717) is 12.0 Å². The second-order valence-corrected chi connectivity index (χ2v) is 5.94. The van der Waals surface area contributed by atoms with Crippen LogP contribution in [-0.2, 0) is 12.8 Å². The molecular weight excluding hydrogens is 266 g/mol. The van der Waals surface area contributed by atoms with Crippen molar-refractivity contribution in [2.75, 3.05) is 7.05 Å². The molecule has 1 N–H and O–H groups in total. The summed E-state index contributed by atoms with van der Waals surface area (Å²) in [6.07, 6.45) is 3.37. The zero-order chi connectivity index (χ0) is 13.9. The molecule has 0 heterocycles. The molecule has 0 saturated heterocycles. The second-order valence-electron chi connectivity index (χ2n) is 5.53. The monoisotopic (exact) mass is 285 g/mol. The van der Waals surface area contributed by atoms with E-state index in [2.05, 4.69) is 48.8 Å². The lowest BCUT2D eigenvalue weighted by Crippen LogP contribution is -2.37. The molecule has 0 aliphatic heterocycles. The molecule has 0 spiro atoms. The number of hydrogen-bond acceptors (Lipinski definition) is 1. The number of fused-ring (bicyclic) bond motifs is 1. The lowest BCUT2D eigenvalue weighted by Gasteiger charge is -2.34. The van der Waals surface area contributed by atoms with E-state index in [1.54, 1.807) is 0 Å². The summed E-state index contributed by atoms with van der Waals surface area (Å²) in [6, 6.07) is 17.6. The molecule has 104 valence electrons. The third-order valence-corrected chi connectivity index (χ3v) is 4.80. The molecule has 2 aromatic carbocycles. The summed E-state index contributed by atoms with van der Waals surface area (Å²) in [5.41, 5.74) is 4.23. The maximum absolute atomic E-state index is 6.34. The SMILES string of the molecule is CNC1CCc2ccccc2C1Cc1ccccc1Cl. The molecule has 0 bridgehead atoms. The first kappa shape index (κ1) is 13.7. The van der Waals surface area contributed by atoms with E-state index < -0.39 is 0 Å². The number of nitrogens with one attached hydrogen (secondary N) is 1. The quantitative estimate of drug-likeness (QED) is 0.891. The molecule has 0 saturated carbocycles. The third kappa shape index (κ3) is 2.61. The number of rotatable bonds is 3.